The second-order valence-electron chi connectivity index (χ2n) is 10.8. The van der Waals surface area contributed by atoms with Crippen LogP contribution in [0.15, 0.2) is 18.2 Å². The molecule has 194 valence electrons. The number of ether oxygens (including phenoxy) is 2. The molecular weight excluding hydrogens is 467 g/mol. The molecule has 2 fully saturated rings. The SMILES string of the molecule is CO[C@@H]1c2cc(N3CCCCC3=O)ccc2O[C@H](C(CC(=O)N2CCC[C@H]2CO)[Si](C)(C)F)[C@H]1C. The summed E-state index contributed by atoms with van der Waals surface area (Å²) in [6.45, 7) is 6.50. The van der Waals surface area contributed by atoms with Crippen molar-refractivity contribution in [3.05, 3.63) is 23.8 Å². The molecular formula is C26H39FN2O5Si. The van der Waals surface area contributed by atoms with Crippen LogP contribution in [0, 0.1) is 5.92 Å². The van der Waals surface area contributed by atoms with Crippen LogP contribution in [0.3, 0.4) is 0 Å². The Morgan fingerprint density at radius 3 is 2.71 bits per heavy atom. The van der Waals surface area contributed by atoms with Gasteiger partial charge in [0.05, 0.1) is 18.8 Å². The van der Waals surface area contributed by atoms with E-state index in [1.165, 1.54) is 0 Å². The van der Waals surface area contributed by atoms with E-state index in [2.05, 4.69) is 0 Å². The molecule has 1 unspecified atom stereocenters. The third-order valence-electron chi connectivity index (χ3n) is 8.03. The van der Waals surface area contributed by atoms with E-state index in [0.717, 1.165) is 36.9 Å². The normalized spacial score (nSPS) is 28.0. The summed E-state index contributed by atoms with van der Waals surface area (Å²) in [7, 11) is -1.68. The van der Waals surface area contributed by atoms with Crippen LogP contribution in [0.25, 0.3) is 0 Å². The predicted molar refractivity (Wildman–Crippen MR) is 135 cm³/mol. The number of nitrogens with zero attached hydrogens (tertiary/aromatic N) is 2. The summed E-state index contributed by atoms with van der Waals surface area (Å²) in [6.07, 6.45) is 3.30. The van der Waals surface area contributed by atoms with Crippen LogP contribution in [-0.2, 0) is 14.3 Å². The molecule has 0 saturated carbocycles. The fourth-order valence-corrected chi connectivity index (χ4v) is 7.83. The fraction of sp³-hybridized carbons (Fsp3) is 0.692. The third-order valence-corrected chi connectivity index (χ3v) is 10.3. The Labute approximate surface area is 208 Å². The van der Waals surface area contributed by atoms with Gasteiger partial charge in [0.1, 0.15) is 11.9 Å². The summed E-state index contributed by atoms with van der Waals surface area (Å²) in [6, 6.07) is 5.52. The standard InChI is InChI=1S/C26H39FN2O5Si/c1-17-25(33-2)20-14-18(28-12-6-5-9-23(28)31)10-11-21(20)34-26(17)22(35(3,4)27)15-24(32)29-13-7-8-19(29)16-30/h10-11,14,17,19,22,25-26,30H,5-9,12-13,15-16H2,1-4H3/t17-,19-,22?,25-,26-/m0/s1. The predicted octanol–water partition coefficient (Wildman–Crippen LogP) is 4.21. The van der Waals surface area contributed by atoms with Gasteiger partial charge >= 0.3 is 0 Å². The van der Waals surface area contributed by atoms with Gasteiger partial charge in [-0.05, 0) is 57.0 Å². The Bertz CT molecular complexity index is 939. The van der Waals surface area contributed by atoms with Gasteiger partial charge in [0, 0.05) is 55.8 Å². The van der Waals surface area contributed by atoms with Gasteiger partial charge in [0.15, 0.2) is 0 Å². The number of benzene rings is 1. The van der Waals surface area contributed by atoms with E-state index in [1.807, 2.05) is 30.0 Å². The number of carbonyl (C=O) groups is 2. The Morgan fingerprint density at radius 2 is 2.06 bits per heavy atom. The summed E-state index contributed by atoms with van der Waals surface area (Å²) in [5.74, 6) is 0.449. The molecule has 0 aliphatic carbocycles. The average molecular weight is 507 g/mol. The van der Waals surface area contributed by atoms with E-state index in [1.54, 1.807) is 25.1 Å². The third kappa shape index (κ3) is 5.27. The fourth-order valence-electron chi connectivity index (χ4n) is 6.02. The van der Waals surface area contributed by atoms with Crippen molar-refractivity contribution >= 4 is 25.9 Å². The molecule has 3 aliphatic heterocycles. The van der Waals surface area contributed by atoms with Crippen molar-refractivity contribution in [3.8, 4) is 5.75 Å². The first-order chi connectivity index (χ1) is 16.7. The quantitative estimate of drug-likeness (QED) is 0.443. The number of likely N-dealkylation sites (tertiary alicyclic amines) is 1. The lowest BCUT2D eigenvalue weighted by Gasteiger charge is -2.43. The topological polar surface area (TPSA) is 79.3 Å². The van der Waals surface area contributed by atoms with Crippen LogP contribution in [0.2, 0.25) is 18.6 Å². The molecule has 4 rings (SSSR count). The molecule has 35 heavy (non-hydrogen) atoms. The van der Waals surface area contributed by atoms with Crippen molar-refractivity contribution in [1.82, 2.24) is 4.90 Å². The van der Waals surface area contributed by atoms with Gasteiger partial charge in [-0.15, -0.1) is 0 Å². The highest BCUT2D eigenvalue weighted by Gasteiger charge is 2.49. The molecule has 0 spiro atoms. The molecule has 1 N–H and O–H groups in total. The van der Waals surface area contributed by atoms with Gasteiger partial charge in [-0.25, -0.2) is 0 Å². The van der Waals surface area contributed by atoms with Gasteiger partial charge in [-0.1, -0.05) is 6.92 Å². The molecule has 2 amide bonds. The van der Waals surface area contributed by atoms with E-state index >= 15 is 4.11 Å². The van der Waals surface area contributed by atoms with Crippen molar-refractivity contribution in [3.63, 3.8) is 0 Å². The minimum absolute atomic E-state index is 0.0629. The zero-order valence-electron chi connectivity index (χ0n) is 21.3. The van der Waals surface area contributed by atoms with Crippen LogP contribution in [0.1, 0.15) is 57.1 Å². The zero-order valence-corrected chi connectivity index (χ0v) is 22.3. The number of methoxy groups -OCH3 is 1. The van der Waals surface area contributed by atoms with Gasteiger partial charge in [0.2, 0.25) is 20.2 Å². The minimum Gasteiger partial charge on any atom is -0.490 e. The van der Waals surface area contributed by atoms with Crippen molar-refractivity contribution in [2.75, 3.05) is 31.7 Å². The molecule has 2 saturated heterocycles. The van der Waals surface area contributed by atoms with Gasteiger partial charge < -0.3 is 28.5 Å². The van der Waals surface area contributed by atoms with E-state index in [0.29, 0.717) is 25.3 Å². The van der Waals surface area contributed by atoms with Crippen molar-refractivity contribution < 1.29 is 28.3 Å². The summed E-state index contributed by atoms with van der Waals surface area (Å²) < 4.78 is 28.1. The van der Waals surface area contributed by atoms with E-state index in [-0.39, 0.29) is 42.9 Å². The highest BCUT2D eigenvalue weighted by atomic mass is 28.4. The Kier molecular flexibility index (Phi) is 7.88. The van der Waals surface area contributed by atoms with E-state index in [4.69, 9.17) is 9.47 Å². The van der Waals surface area contributed by atoms with Crippen molar-refractivity contribution in [2.45, 2.75) is 82.3 Å². The monoisotopic (exact) mass is 506 g/mol. The Hall–Kier alpha value is -1.97. The maximum absolute atomic E-state index is 15.7. The number of rotatable bonds is 7. The lowest BCUT2D eigenvalue weighted by Crippen LogP contribution is -2.48. The molecule has 0 aromatic heterocycles. The average Bonchev–Trinajstić information content (AvgIpc) is 3.31. The number of hydrogen-bond acceptors (Lipinski definition) is 5. The van der Waals surface area contributed by atoms with Crippen LogP contribution >= 0.6 is 0 Å². The second-order valence-corrected chi connectivity index (χ2v) is 14.6. The first kappa shape index (κ1) is 26.1. The van der Waals surface area contributed by atoms with Gasteiger partial charge in [0.25, 0.3) is 0 Å². The first-order valence-electron chi connectivity index (χ1n) is 12.9. The molecule has 3 aliphatic rings. The van der Waals surface area contributed by atoms with Crippen LogP contribution in [0.4, 0.5) is 9.80 Å². The second kappa shape index (κ2) is 10.6. The molecule has 0 bridgehead atoms. The molecule has 7 nitrogen and oxygen atoms in total. The van der Waals surface area contributed by atoms with Crippen LogP contribution in [0.5, 0.6) is 5.75 Å². The number of hydrogen-bond donors (Lipinski definition) is 1. The maximum atomic E-state index is 15.7. The molecule has 1 aromatic rings. The highest BCUT2D eigenvalue weighted by molar-refractivity contribution is 6.72. The highest BCUT2D eigenvalue weighted by Crippen LogP contribution is 2.48. The summed E-state index contributed by atoms with van der Waals surface area (Å²) in [4.78, 5) is 29.2. The van der Waals surface area contributed by atoms with Gasteiger partial charge in [-0.2, -0.15) is 0 Å². The molecule has 5 atom stereocenters. The molecule has 3 heterocycles. The number of fused-ring (bicyclic) bond motifs is 1. The number of halogens is 1. The maximum Gasteiger partial charge on any atom is 0.248 e. The van der Waals surface area contributed by atoms with Gasteiger partial charge in [-0.3, -0.25) is 9.59 Å². The molecule has 0 radical (unpaired) electrons. The lowest BCUT2D eigenvalue weighted by atomic mass is 9.86. The summed E-state index contributed by atoms with van der Waals surface area (Å²) >= 11 is 0. The number of aliphatic hydroxyl groups is 1. The van der Waals surface area contributed by atoms with Crippen LogP contribution < -0.4 is 9.64 Å². The Morgan fingerprint density at radius 1 is 1.29 bits per heavy atom. The minimum atomic E-state index is -3.32. The van der Waals surface area contributed by atoms with Crippen molar-refractivity contribution in [1.29, 1.82) is 0 Å². The van der Waals surface area contributed by atoms with E-state index in [9.17, 15) is 14.7 Å². The summed E-state index contributed by atoms with van der Waals surface area (Å²) in [5, 5.41) is 9.65. The number of piperidine rings is 1. The summed E-state index contributed by atoms with van der Waals surface area (Å²) in [5.41, 5.74) is 1.13. The lowest BCUT2D eigenvalue weighted by molar-refractivity contribution is -0.133. The molecule has 1 aromatic carbocycles. The van der Waals surface area contributed by atoms with E-state index < -0.39 is 20.1 Å². The number of carbonyl (C=O) groups excluding carboxylic acids is 2. The number of aliphatic hydroxyl groups excluding tert-OH is 1. The Balaban J connectivity index is 1.61. The zero-order chi connectivity index (χ0) is 25.3. The van der Waals surface area contributed by atoms with Crippen molar-refractivity contribution in [2.24, 2.45) is 5.92 Å². The molecule has 9 heteroatoms. The van der Waals surface area contributed by atoms with Crippen LogP contribution in [-0.4, -0.2) is 69.2 Å². The smallest absolute Gasteiger partial charge is 0.248 e. The number of amides is 2. The largest absolute Gasteiger partial charge is 0.490 e. The first-order valence-corrected chi connectivity index (χ1v) is 15.8. The number of anilines is 1.